The number of hydrogen-bond donors (Lipinski definition) is 0. The van der Waals surface area contributed by atoms with E-state index in [2.05, 4.69) is 43.9 Å². The smallest absolute Gasteiger partial charge is 0.119 e. The van der Waals surface area contributed by atoms with Crippen molar-refractivity contribution in [2.45, 2.75) is 45.8 Å². The van der Waals surface area contributed by atoms with Crippen molar-refractivity contribution >= 4 is 0 Å². The standard InChI is InChI=1S/C17H27NO2/c1-4-16-7-5-8-17(11-16)19-10-6-9-18-12-14(2)20-15(3)13-18/h5,7-8,11,14-15H,4,6,9-10,12-13H2,1-3H3/t14-,15-/m0/s1. The zero-order valence-corrected chi connectivity index (χ0v) is 13.0. The fraction of sp³-hybridized carbons (Fsp3) is 0.647. The number of rotatable bonds is 6. The van der Waals surface area contributed by atoms with Crippen LogP contribution in [0.3, 0.4) is 0 Å². The lowest BCUT2D eigenvalue weighted by Gasteiger charge is -2.35. The van der Waals surface area contributed by atoms with Crippen molar-refractivity contribution < 1.29 is 9.47 Å². The Morgan fingerprint density at radius 3 is 2.70 bits per heavy atom. The Bertz CT molecular complexity index is 398. The van der Waals surface area contributed by atoms with Gasteiger partial charge in [-0.25, -0.2) is 0 Å². The van der Waals surface area contributed by atoms with Crippen LogP contribution in [0.25, 0.3) is 0 Å². The molecule has 1 saturated heterocycles. The van der Waals surface area contributed by atoms with Gasteiger partial charge in [0.2, 0.25) is 0 Å². The first-order chi connectivity index (χ1) is 9.67. The molecule has 0 aliphatic carbocycles. The Morgan fingerprint density at radius 1 is 1.25 bits per heavy atom. The molecular formula is C17H27NO2. The van der Waals surface area contributed by atoms with Crippen LogP contribution >= 0.6 is 0 Å². The minimum absolute atomic E-state index is 0.348. The molecule has 0 N–H and O–H groups in total. The van der Waals surface area contributed by atoms with Crippen molar-refractivity contribution in [1.82, 2.24) is 4.90 Å². The van der Waals surface area contributed by atoms with Crippen molar-refractivity contribution in [2.24, 2.45) is 0 Å². The molecule has 20 heavy (non-hydrogen) atoms. The molecule has 1 aromatic carbocycles. The second kappa shape index (κ2) is 7.65. The number of nitrogens with zero attached hydrogens (tertiary/aromatic N) is 1. The van der Waals surface area contributed by atoms with E-state index >= 15 is 0 Å². The van der Waals surface area contributed by atoms with Crippen molar-refractivity contribution in [3.8, 4) is 5.75 Å². The zero-order valence-electron chi connectivity index (χ0n) is 13.0. The van der Waals surface area contributed by atoms with E-state index in [1.54, 1.807) is 0 Å². The second-order valence-electron chi connectivity index (χ2n) is 5.72. The highest BCUT2D eigenvalue weighted by Crippen LogP contribution is 2.14. The van der Waals surface area contributed by atoms with Crippen molar-refractivity contribution in [2.75, 3.05) is 26.2 Å². The van der Waals surface area contributed by atoms with Gasteiger partial charge in [0.1, 0.15) is 5.75 Å². The first-order valence-electron chi connectivity index (χ1n) is 7.77. The van der Waals surface area contributed by atoms with Crippen LogP contribution in [0.5, 0.6) is 5.75 Å². The third-order valence-electron chi connectivity index (χ3n) is 3.69. The Hall–Kier alpha value is -1.06. The van der Waals surface area contributed by atoms with E-state index in [0.717, 1.165) is 44.8 Å². The number of aryl methyl sites for hydroxylation is 1. The summed E-state index contributed by atoms with van der Waals surface area (Å²) < 4.78 is 11.6. The summed E-state index contributed by atoms with van der Waals surface area (Å²) in [6.45, 7) is 10.4. The van der Waals surface area contributed by atoms with Gasteiger partial charge >= 0.3 is 0 Å². The molecule has 0 saturated carbocycles. The predicted molar refractivity (Wildman–Crippen MR) is 82.4 cm³/mol. The highest BCUT2D eigenvalue weighted by atomic mass is 16.5. The molecule has 3 nitrogen and oxygen atoms in total. The van der Waals surface area contributed by atoms with Crippen LogP contribution in [0.2, 0.25) is 0 Å². The molecule has 2 rings (SSSR count). The molecule has 0 bridgehead atoms. The van der Waals surface area contributed by atoms with Gasteiger partial charge in [-0.15, -0.1) is 0 Å². The van der Waals surface area contributed by atoms with Crippen LogP contribution in [0.1, 0.15) is 32.8 Å². The maximum absolute atomic E-state index is 5.84. The number of hydrogen-bond acceptors (Lipinski definition) is 3. The van der Waals surface area contributed by atoms with Gasteiger partial charge in [0.25, 0.3) is 0 Å². The third kappa shape index (κ3) is 4.80. The van der Waals surface area contributed by atoms with Crippen molar-refractivity contribution in [1.29, 1.82) is 0 Å². The van der Waals surface area contributed by atoms with E-state index < -0.39 is 0 Å². The fourth-order valence-corrected chi connectivity index (χ4v) is 2.80. The largest absolute Gasteiger partial charge is 0.494 e. The lowest BCUT2D eigenvalue weighted by atomic mass is 10.2. The van der Waals surface area contributed by atoms with Gasteiger partial charge in [0.15, 0.2) is 0 Å². The maximum atomic E-state index is 5.84. The first-order valence-corrected chi connectivity index (χ1v) is 7.77. The molecule has 3 heteroatoms. The molecule has 1 aliphatic heterocycles. The van der Waals surface area contributed by atoms with Gasteiger partial charge in [-0.05, 0) is 44.4 Å². The fourth-order valence-electron chi connectivity index (χ4n) is 2.80. The van der Waals surface area contributed by atoms with E-state index in [9.17, 15) is 0 Å². The third-order valence-corrected chi connectivity index (χ3v) is 3.69. The monoisotopic (exact) mass is 277 g/mol. The number of ether oxygens (including phenoxy) is 2. The highest BCUT2D eigenvalue weighted by molar-refractivity contribution is 5.28. The second-order valence-corrected chi connectivity index (χ2v) is 5.72. The van der Waals surface area contributed by atoms with E-state index in [-0.39, 0.29) is 0 Å². The average molecular weight is 277 g/mol. The summed E-state index contributed by atoms with van der Waals surface area (Å²) in [7, 11) is 0. The summed E-state index contributed by atoms with van der Waals surface area (Å²) in [4.78, 5) is 2.48. The van der Waals surface area contributed by atoms with Crippen LogP contribution in [-0.4, -0.2) is 43.3 Å². The van der Waals surface area contributed by atoms with Crippen LogP contribution < -0.4 is 4.74 Å². The van der Waals surface area contributed by atoms with E-state index in [0.29, 0.717) is 12.2 Å². The lowest BCUT2D eigenvalue weighted by molar-refractivity contribution is -0.0686. The van der Waals surface area contributed by atoms with E-state index in [1.807, 2.05) is 6.07 Å². The Labute approximate surface area is 122 Å². The van der Waals surface area contributed by atoms with E-state index in [1.165, 1.54) is 5.56 Å². The first kappa shape index (κ1) is 15.3. The summed E-state index contributed by atoms with van der Waals surface area (Å²) in [5.74, 6) is 0.994. The zero-order chi connectivity index (χ0) is 14.4. The highest BCUT2D eigenvalue weighted by Gasteiger charge is 2.21. The molecule has 2 atom stereocenters. The Balaban J connectivity index is 1.68. The van der Waals surface area contributed by atoms with Crippen molar-refractivity contribution in [3.05, 3.63) is 29.8 Å². The molecule has 1 aliphatic rings. The molecule has 0 amide bonds. The van der Waals surface area contributed by atoms with Gasteiger partial charge < -0.3 is 9.47 Å². The summed E-state index contributed by atoms with van der Waals surface area (Å²) in [5.41, 5.74) is 1.33. The lowest BCUT2D eigenvalue weighted by Crippen LogP contribution is -2.45. The molecule has 1 fully saturated rings. The summed E-state index contributed by atoms with van der Waals surface area (Å²) in [6.07, 6.45) is 2.82. The minimum Gasteiger partial charge on any atom is -0.494 e. The van der Waals surface area contributed by atoms with E-state index in [4.69, 9.17) is 9.47 Å². The predicted octanol–water partition coefficient (Wildman–Crippen LogP) is 3.13. The Kier molecular flexibility index (Phi) is 5.86. The molecule has 0 aromatic heterocycles. The number of morpholine rings is 1. The van der Waals surface area contributed by atoms with Gasteiger partial charge in [0.05, 0.1) is 18.8 Å². The molecule has 112 valence electrons. The molecule has 0 unspecified atom stereocenters. The van der Waals surface area contributed by atoms with Crippen LogP contribution in [0.4, 0.5) is 0 Å². The summed E-state index contributed by atoms with van der Waals surface area (Å²) in [6, 6.07) is 8.39. The van der Waals surface area contributed by atoms with Crippen molar-refractivity contribution in [3.63, 3.8) is 0 Å². The molecular weight excluding hydrogens is 250 g/mol. The maximum Gasteiger partial charge on any atom is 0.119 e. The minimum atomic E-state index is 0.348. The van der Waals surface area contributed by atoms with Gasteiger partial charge in [-0.1, -0.05) is 19.1 Å². The topological polar surface area (TPSA) is 21.7 Å². The molecule has 1 aromatic rings. The van der Waals surface area contributed by atoms with Gasteiger partial charge in [0, 0.05) is 19.6 Å². The van der Waals surface area contributed by atoms with Gasteiger partial charge in [-0.3, -0.25) is 4.90 Å². The summed E-state index contributed by atoms with van der Waals surface area (Å²) in [5, 5.41) is 0. The summed E-state index contributed by atoms with van der Waals surface area (Å²) >= 11 is 0. The normalized spacial score (nSPS) is 23.8. The van der Waals surface area contributed by atoms with Gasteiger partial charge in [-0.2, -0.15) is 0 Å². The molecule has 0 spiro atoms. The SMILES string of the molecule is CCc1cccc(OCCCN2C[C@H](C)O[C@@H](C)C2)c1. The Morgan fingerprint density at radius 2 is 2.00 bits per heavy atom. The molecule has 0 radical (unpaired) electrons. The van der Waals surface area contributed by atoms with Crippen LogP contribution in [0, 0.1) is 0 Å². The quantitative estimate of drug-likeness (QED) is 0.746. The number of benzene rings is 1. The van der Waals surface area contributed by atoms with Crippen LogP contribution in [0.15, 0.2) is 24.3 Å². The average Bonchev–Trinajstić information content (AvgIpc) is 2.43. The van der Waals surface area contributed by atoms with Crippen LogP contribution in [-0.2, 0) is 11.2 Å². The molecule has 1 heterocycles.